The fraction of sp³-hybridized carbons (Fsp3) is 0.682. The lowest BCUT2D eigenvalue weighted by Crippen LogP contribution is -2.48. The van der Waals surface area contributed by atoms with Gasteiger partial charge >= 0.3 is 0 Å². The summed E-state index contributed by atoms with van der Waals surface area (Å²) in [4.78, 5) is 9.45. The Balaban J connectivity index is 0.00000300. The first-order chi connectivity index (χ1) is 13.8. The molecule has 0 spiro atoms. The van der Waals surface area contributed by atoms with Gasteiger partial charge in [0.1, 0.15) is 0 Å². The van der Waals surface area contributed by atoms with Crippen LogP contribution in [0.1, 0.15) is 37.3 Å². The standard InChI is InChI=1S/C22H37N5O.HI/c1-3-9-26-10-7-21(8-11-26)25-22(23-2)24-17-19-5-4-6-20(16-19)18-27-12-14-28-15-13-27;/h4-6,16,21H,3,7-15,17-18H2,1-2H3,(H2,23,24,25);1H. The molecule has 6 nitrogen and oxygen atoms in total. The largest absolute Gasteiger partial charge is 0.379 e. The molecule has 0 aromatic heterocycles. The summed E-state index contributed by atoms with van der Waals surface area (Å²) in [6.07, 6.45) is 3.62. The van der Waals surface area contributed by atoms with Crippen LogP contribution in [0, 0.1) is 0 Å². The van der Waals surface area contributed by atoms with Crippen molar-refractivity contribution in [1.29, 1.82) is 0 Å². The van der Waals surface area contributed by atoms with Crippen LogP contribution in [0.15, 0.2) is 29.3 Å². The fourth-order valence-corrected chi connectivity index (χ4v) is 4.05. The lowest BCUT2D eigenvalue weighted by Gasteiger charge is -2.32. The third-order valence-electron chi connectivity index (χ3n) is 5.65. The van der Waals surface area contributed by atoms with Gasteiger partial charge in [0.2, 0.25) is 0 Å². The highest BCUT2D eigenvalue weighted by Crippen LogP contribution is 2.12. The molecule has 7 heteroatoms. The molecule has 164 valence electrons. The van der Waals surface area contributed by atoms with Gasteiger partial charge in [0, 0.05) is 52.4 Å². The quantitative estimate of drug-likeness (QED) is 0.333. The summed E-state index contributed by atoms with van der Waals surface area (Å²) in [5.74, 6) is 0.910. The average Bonchev–Trinajstić information content (AvgIpc) is 2.73. The van der Waals surface area contributed by atoms with Gasteiger partial charge in [0.05, 0.1) is 13.2 Å². The second kappa shape index (κ2) is 13.4. The molecule has 0 aliphatic carbocycles. The van der Waals surface area contributed by atoms with Crippen molar-refractivity contribution in [3.05, 3.63) is 35.4 Å². The van der Waals surface area contributed by atoms with Crippen LogP contribution < -0.4 is 10.6 Å². The minimum absolute atomic E-state index is 0. The number of morpholine rings is 1. The SMILES string of the molecule is CCCN1CCC(NC(=NC)NCc2cccc(CN3CCOCC3)c2)CC1.I. The monoisotopic (exact) mass is 515 g/mol. The molecule has 0 bridgehead atoms. The van der Waals surface area contributed by atoms with E-state index in [1.54, 1.807) is 0 Å². The number of guanidine groups is 1. The zero-order valence-electron chi connectivity index (χ0n) is 18.0. The summed E-state index contributed by atoms with van der Waals surface area (Å²) in [7, 11) is 1.86. The molecule has 2 N–H and O–H groups in total. The molecule has 0 unspecified atom stereocenters. The van der Waals surface area contributed by atoms with Crippen LogP contribution in [0.4, 0.5) is 0 Å². The van der Waals surface area contributed by atoms with Gasteiger partial charge in [-0.05, 0) is 36.9 Å². The number of piperidine rings is 1. The number of nitrogens with zero attached hydrogens (tertiary/aromatic N) is 3. The molecule has 2 aliphatic rings. The Labute approximate surface area is 193 Å². The Bertz CT molecular complexity index is 613. The van der Waals surface area contributed by atoms with Crippen molar-refractivity contribution in [3.8, 4) is 0 Å². The van der Waals surface area contributed by atoms with Crippen molar-refractivity contribution < 1.29 is 4.74 Å². The number of halogens is 1. The molecule has 29 heavy (non-hydrogen) atoms. The lowest BCUT2D eigenvalue weighted by atomic mass is 10.1. The van der Waals surface area contributed by atoms with Gasteiger partial charge in [0.25, 0.3) is 0 Å². The number of ether oxygens (including phenoxy) is 1. The summed E-state index contributed by atoms with van der Waals surface area (Å²) in [6, 6.07) is 9.39. The molecule has 1 aromatic carbocycles. The van der Waals surface area contributed by atoms with Gasteiger partial charge in [-0.3, -0.25) is 9.89 Å². The fourth-order valence-electron chi connectivity index (χ4n) is 4.05. The van der Waals surface area contributed by atoms with E-state index < -0.39 is 0 Å². The maximum atomic E-state index is 5.44. The molecule has 0 radical (unpaired) electrons. The van der Waals surface area contributed by atoms with Crippen molar-refractivity contribution in [3.63, 3.8) is 0 Å². The summed E-state index contributed by atoms with van der Waals surface area (Å²) < 4.78 is 5.44. The van der Waals surface area contributed by atoms with E-state index in [2.05, 4.69) is 56.6 Å². The van der Waals surface area contributed by atoms with Crippen LogP contribution in [-0.2, 0) is 17.8 Å². The highest BCUT2D eigenvalue weighted by atomic mass is 127. The van der Waals surface area contributed by atoms with Crippen molar-refractivity contribution in [2.75, 3.05) is 53.0 Å². The molecule has 0 atom stereocenters. The minimum atomic E-state index is 0. The van der Waals surface area contributed by atoms with Gasteiger partial charge in [0.15, 0.2) is 5.96 Å². The van der Waals surface area contributed by atoms with Crippen molar-refractivity contribution in [1.82, 2.24) is 20.4 Å². The number of hydrogen-bond donors (Lipinski definition) is 2. The lowest BCUT2D eigenvalue weighted by molar-refractivity contribution is 0.0342. The van der Waals surface area contributed by atoms with E-state index >= 15 is 0 Å². The van der Waals surface area contributed by atoms with E-state index in [9.17, 15) is 0 Å². The minimum Gasteiger partial charge on any atom is -0.379 e. The van der Waals surface area contributed by atoms with Crippen LogP contribution in [0.2, 0.25) is 0 Å². The predicted molar refractivity (Wildman–Crippen MR) is 131 cm³/mol. The van der Waals surface area contributed by atoms with Crippen molar-refractivity contribution in [2.24, 2.45) is 4.99 Å². The third-order valence-corrected chi connectivity index (χ3v) is 5.65. The van der Waals surface area contributed by atoms with Crippen LogP contribution in [0.25, 0.3) is 0 Å². The van der Waals surface area contributed by atoms with Gasteiger partial charge in [-0.25, -0.2) is 0 Å². The van der Waals surface area contributed by atoms with Gasteiger partial charge in [-0.2, -0.15) is 0 Å². The zero-order chi connectivity index (χ0) is 19.6. The first-order valence-corrected chi connectivity index (χ1v) is 10.8. The topological polar surface area (TPSA) is 52.1 Å². The van der Waals surface area contributed by atoms with Crippen LogP contribution in [-0.4, -0.2) is 74.8 Å². The predicted octanol–water partition coefficient (Wildman–Crippen LogP) is 2.68. The molecule has 2 saturated heterocycles. The molecular weight excluding hydrogens is 477 g/mol. The van der Waals surface area contributed by atoms with Gasteiger partial charge < -0.3 is 20.3 Å². The Morgan fingerprint density at radius 1 is 1.10 bits per heavy atom. The van der Waals surface area contributed by atoms with Crippen molar-refractivity contribution in [2.45, 2.75) is 45.3 Å². The molecule has 2 fully saturated rings. The summed E-state index contributed by atoms with van der Waals surface area (Å²) in [5.41, 5.74) is 2.67. The normalized spacial score (nSPS) is 19.6. The second-order valence-corrected chi connectivity index (χ2v) is 7.89. The molecule has 0 amide bonds. The van der Waals surface area contributed by atoms with E-state index in [0.29, 0.717) is 6.04 Å². The maximum absolute atomic E-state index is 5.44. The first-order valence-electron chi connectivity index (χ1n) is 10.8. The van der Waals surface area contributed by atoms with E-state index in [4.69, 9.17) is 4.74 Å². The van der Waals surface area contributed by atoms with E-state index in [0.717, 1.165) is 45.4 Å². The number of rotatable bonds is 7. The van der Waals surface area contributed by atoms with Crippen LogP contribution in [0.3, 0.4) is 0 Å². The van der Waals surface area contributed by atoms with Crippen LogP contribution >= 0.6 is 24.0 Å². The van der Waals surface area contributed by atoms with E-state index in [1.165, 1.54) is 50.0 Å². The van der Waals surface area contributed by atoms with Gasteiger partial charge in [-0.15, -0.1) is 24.0 Å². The average molecular weight is 515 g/mol. The molecule has 1 aromatic rings. The number of nitrogens with one attached hydrogen (secondary N) is 2. The third kappa shape index (κ3) is 8.39. The van der Waals surface area contributed by atoms with Crippen molar-refractivity contribution >= 4 is 29.9 Å². The first kappa shape index (κ1) is 24.4. The Morgan fingerprint density at radius 2 is 1.83 bits per heavy atom. The number of benzene rings is 1. The zero-order valence-corrected chi connectivity index (χ0v) is 20.4. The highest BCUT2D eigenvalue weighted by molar-refractivity contribution is 14.0. The van der Waals surface area contributed by atoms with Gasteiger partial charge in [-0.1, -0.05) is 31.2 Å². The molecule has 2 aliphatic heterocycles. The Hall–Kier alpha value is -0.900. The number of likely N-dealkylation sites (tertiary alicyclic amines) is 1. The van der Waals surface area contributed by atoms with Crippen LogP contribution in [0.5, 0.6) is 0 Å². The smallest absolute Gasteiger partial charge is 0.191 e. The molecular formula is C22H38IN5O. The Kier molecular flexibility index (Phi) is 11.3. The summed E-state index contributed by atoms with van der Waals surface area (Å²) >= 11 is 0. The van der Waals surface area contributed by atoms with E-state index in [1.807, 2.05) is 7.05 Å². The summed E-state index contributed by atoms with van der Waals surface area (Å²) in [6.45, 7) is 11.4. The summed E-state index contributed by atoms with van der Waals surface area (Å²) in [5, 5.41) is 7.10. The Morgan fingerprint density at radius 3 is 2.52 bits per heavy atom. The number of aliphatic imine (C=N–C) groups is 1. The molecule has 0 saturated carbocycles. The highest BCUT2D eigenvalue weighted by Gasteiger charge is 2.19. The maximum Gasteiger partial charge on any atom is 0.191 e. The molecule has 3 rings (SSSR count). The second-order valence-electron chi connectivity index (χ2n) is 7.89. The van der Waals surface area contributed by atoms with E-state index in [-0.39, 0.29) is 24.0 Å². The number of hydrogen-bond acceptors (Lipinski definition) is 4. The molecule has 2 heterocycles.